The van der Waals surface area contributed by atoms with Gasteiger partial charge >= 0.3 is 0 Å². The van der Waals surface area contributed by atoms with Crippen LogP contribution in [-0.4, -0.2) is 0 Å². The number of hydrogen-bond donors (Lipinski definition) is 0. The minimum Gasteiger partial charge on any atom is -0.139 e. The average Bonchev–Trinajstić information content (AvgIpc) is 2.93. The van der Waals surface area contributed by atoms with Crippen LogP contribution in [0.5, 0.6) is 0 Å². The van der Waals surface area contributed by atoms with Crippen molar-refractivity contribution in [3.8, 4) is 0 Å². The van der Waals surface area contributed by atoms with E-state index >= 15 is 0 Å². The van der Waals surface area contributed by atoms with E-state index in [9.17, 15) is 0 Å². The number of benzene rings is 1. The Bertz CT molecular complexity index is 649. The predicted molar refractivity (Wildman–Crippen MR) is 89.6 cm³/mol. The Labute approximate surface area is 135 Å². The fourth-order valence-corrected chi connectivity index (χ4v) is 5.46. The summed E-state index contributed by atoms with van der Waals surface area (Å²) in [5.74, 6) is 0. The molecule has 2 aromatic heterocycles. The predicted octanol–water partition coefficient (Wildman–Crippen LogP) is 6.86. The van der Waals surface area contributed by atoms with Gasteiger partial charge in [0.1, 0.15) is 0 Å². The van der Waals surface area contributed by atoms with Crippen LogP contribution in [0.4, 0.5) is 0 Å². The molecule has 0 radical (unpaired) electrons. The SMILES string of the molecule is Clc1cc(C(Br)c2cc3ccccc3s2)sc1Br. The van der Waals surface area contributed by atoms with Gasteiger partial charge in [0.05, 0.1) is 13.6 Å². The van der Waals surface area contributed by atoms with Crippen LogP contribution in [0.25, 0.3) is 10.1 Å². The molecule has 5 heteroatoms. The lowest BCUT2D eigenvalue weighted by Gasteiger charge is -2.03. The summed E-state index contributed by atoms with van der Waals surface area (Å²) >= 11 is 16.8. The Hall–Kier alpha value is 0.130. The fourth-order valence-electron chi connectivity index (χ4n) is 1.76. The topological polar surface area (TPSA) is 0 Å². The van der Waals surface area contributed by atoms with Gasteiger partial charge in [0.15, 0.2) is 0 Å². The minimum absolute atomic E-state index is 0.212. The van der Waals surface area contributed by atoms with Crippen molar-refractivity contribution in [3.05, 3.63) is 55.0 Å². The molecular weight excluding hydrogens is 416 g/mol. The lowest BCUT2D eigenvalue weighted by atomic mass is 10.2. The number of hydrogen-bond acceptors (Lipinski definition) is 2. The summed E-state index contributed by atoms with van der Waals surface area (Å²) < 4.78 is 2.31. The molecule has 0 saturated carbocycles. The van der Waals surface area contributed by atoms with E-state index in [1.165, 1.54) is 19.8 Å². The maximum Gasteiger partial charge on any atom is 0.0887 e. The molecule has 0 aliphatic heterocycles. The zero-order valence-electron chi connectivity index (χ0n) is 8.99. The van der Waals surface area contributed by atoms with Gasteiger partial charge in [-0.25, -0.2) is 0 Å². The van der Waals surface area contributed by atoms with Crippen molar-refractivity contribution < 1.29 is 0 Å². The number of halogens is 3. The van der Waals surface area contributed by atoms with E-state index in [1.807, 2.05) is 17.4 Å². The van der Waals surface area contributed by atoms with Gasteiger partial charge in [0, 0.05) is 14.5 Å². The molecular formula is C13H7Br2ClS2. The highest BCUT2D eigenvalue weighted by molar-refractivity contribution is 9.11. The van der Waals surface area contributed by atoms with E-state index in [2.05, 4.69) is 62.2 Å². The molecule has 1 atom stereocenters. The van der Waals surface area contributed by atoms with Crippen molar-refractivity contribution in [3.63, 3.8) is 0 Å². The zero-order valence-corrected chi connectivity index (χ0v) is 14.6. The van der Waals surface area contributed by atoms with Crippen LogP contribution in [0.15, 0.2) is 40.2 Å². The van der Waals surface area contributed by atoms with Crippen molar-refractivity contribution in [1.29, 1.82) is 0 Å². The van der Waals surface area contributed by atoms with Gasteiger partial charge in [-0.05, 0) is 39.5 Å². The number of fused-ring (bicyclic) bond motifs is 1. The first-order valence-electron chi connectivity index (χ1n) is 5.22. The van der Waals surface area contributed by atoms with Crippen molar-refractivity contribution in [2.75, 3.05) is 0 Å². The second-order valence-corrected chi connectivity index (χ2v) is 8.66. The van der Waals surface area contributed by atoms with Crippen LogP contribution in [-0.2, 0) is 0 Å². The maximum absolute atomic E-state index is 6.09. The Morgan fingerprint density at radius 1 is 1.06 bits per heavy atom. The molecule has 0 aliphatic carbocycles. The van der Waals surface area contributed by atoms with Crippen LogP contribution >= 0.6 is 66.1 Å². The molecule has 2 heterocycles. The van der Waals surface area contributed by atoms with E-state index in [0.29, 0.717) is 0 Å². The lowest BCUT2D eigenvalue weighted by molar-refractivity contribution is 1.29. The number of rotatable bonds is 2. The third kappa shape index (κ3) is 2.41. The van der Waals surface area contributed by atoms with Crippen LogP contribution in [0.3, 0.4) is 0 Å². The fraction of sp³-hybridized carbons (Fsp3) is 0.0769. The van der Waals surface area contributed by atoms with Crippen molar-refractivity contribution >= 4 is 76.2 Å². The molecule has 0 spiro atoms. The molecule has 0 fully saturated rings. The average molecular weight is 423 g/mol. The molecule has 0 nitrogen and oxygen atoms in total. The Morgan fingerprint density at radius 2 is 1.78 bits per heavy atom. The van der Waals surface area contributed by atoms with Crippen LogP contribution < -0.4 is 0 Å². The summed E-state index contributed by atoms with van der Waals surface area (Å²) in [5.41, 5.74) is 0. The summed E-state index contributed by atoms with van der Waals surface area (Å²) in [6.45, 7) is 0. The van der Waals surface area contributed by atoms with Gasteiger partial charge in [0.2, 0.25) is 0 Å². The molecule has 0 aliphatic rings. The van der Waals surface area contributed by atoms with E-state index in [1.54, 1.807) is 11.3 Å². The molecule has 0 amide bonds. The van der Waals surface area contributed by atoms with Gasteiger partial charge in [-0.15, -0.1) is 22.7 Å². The maximum atomic E-state index is 6.09. The monoisotopic (exact) mass is 420 g/mol. The first-order valence-corrected chi connectivity index (χ1v) is 8.94. The summed E-state index contributed by atoms with van der Waals surface area (Å²) in [7, 11) is 0. The molecule has 18 heavy (non-hydrogen) atoms. The zero-order chi connectivity index (χ0) is 12.7. The summed E-state index contributed by atoms with van der Waals surface area (Å²) in [6.07, 6.45) is 0. The Kier molecular flexibility index (Phi) is 3.83. The summed E-state index contributed by atoms with van der Waals surface area (Å²) in [5, 5.41) is 2.07. The second kappa shape index (κ2) is 5.25. The van der Waals surface area contributed by atoms with E-state index in [4.69, 9.17) is 11.6 Å². The van der Waals surface area contributed by atoms with Gasteiger partial charge in [-0.1, -0.05) is 45.7 Å². The smallest absolute Gasteiger partial charge is 0.0887 e. The third-order valence-corrected chi connectivity index (χ3v) is 7.92. The molecule has 1 aromatic carbocycles. The Balaban J connectivity index is 2.03. The first kappa shape index (κ1) is 13.1. The van der Waals surface area contributed by atoms with Gasteiger partial charge in [0.25, 0.3) is 0 Å². The van der Waals surface area contributed by atoms with Crippen molar-refractivity contribution in [2.45, 2.75) is 4.83 Å². The Morgan fingerprint density at radius 3 is 2.44 bits per heavy atom. The van der Waals surface area contributed by atoms with Crippen LogP contribution in [0, 0.1) is 0 Å². The normalized spacial score (nSPS) is 13.1. The minimum atomic E-state index is 0.212. The molecule has 3 aromatic rings. The number of thiophene rings is 2. The van der Waals surface area contributed by atoms with Crippen LogP contribution in [0.2, 0.25) is 5.02 Å². The number of alkyl halides is 1. The summed E-state index contributed by atoms with van der Waals surface area (Å²) in [4.78, 5) is 2.74. The van der Waals surface area contributed by atoms with E-state index in [0.717, 1.165) is 8.81 Å². The molecule has 0 N–H and O–H groups in total. The van der Waals surface area contributed by atoms with Crippen molar-refractivity contribution in [2.24, 2.45) is 0 Å². The molecule has 0 saturated heterocycles. The first-order chi connectivity index (χ1) is 8.65. The molecule has 0 bridgehead atoms. The van der Waals surface area contributed by atoms with Gasteiger partial charge in [-0.2, -0.15) is 0 Å². The molecule has 1 unspecified atom stereocenters. The largest absolute Gasteiger partial charge is 0.139 e. The van der Waals surface area contributed by atoms with E-state index in [-0.39, 0.29) is 4.83 Å². The standard InChI is InChI=1S/C13H7Br2ClS2/c14-12(11-6-8(16)13(15)18-11)10-5-7-3-1-2-4-9(7)17-10/h1-6,12H. The quantitative estimate of drug-likeness (QED) is 0.396. The highest BCUT2D eigenvalue weighted by atomic mass is 79.9. The second-order valence-electron chi connectivity index (χ2n) is 3.82. The lowest BCUT2D eigenvalue weighted by Crippen LogP contribution is -1.83. The van der Waals surface area contributed by atoms with Gasteiger partial charge in [-0.3, -0.25) is 0 Å². The molecule has 3 rings (SSSR count). The highest BCUT2D eigenvalue weighted by Crippen LogP contribution is 2.44. The third-order valence-electron chi connectivity index (χ3n) is 2.61. The summed E-state index contributed by atoms with van der Waals surface area (Å²) in [6, 6.07) is 12.7. The van der Waals surface area contributed by atoms with Gasteiger partial charge < -0.3 is 0 Å². The highest BCUT2D eigenvalue weighted by Gasteiger charge is 2.17. The molecule has 92 valence electrons. The van der Waals surface area contributed by atoms with Crippen LogP contribution in [0.1, 0.15) is 14.6 Å². The van der Waals surface area contributed by atoms with Crippen molar-refractivity contribution in [1.82, 2.24) is 0 Å². The van der Waals surface area contributed by atoms with E-state index < -0.39 is 0 Å².